The Balaban J connectivity index is 1.42. The summed E-state index contributed by atoms with van der Waals surface area (Å²) in [5, 5.41) is 8.20. The van der Waals surface area contributed by atoms with E-state index in [0.29, 0.717) is 25.4 Å². The molecule has 2 saturated heterocycles. The van der Waals surface area contributed by atoms with Crippen LogP contribution in [0.5, 0.6) is 0 Å². The lowest BCUT2D eigenvalue weighted by Gasteiger charge is -2.31. The van der Waals surface area contributed by atoms with Gasteiger partial charge < -0.3 is 14.4 Å². The third-order valence-corrected chi connectivity index (χ3v) is 4.94. The number of para-hydroxylation sites is 1. The molecule has 0 bridgehead atoms. The number of carbonyl (C=O) groups is 1. The van der Waals surface area contributed by atoms with Crippen molar-refractivity contribution in [2.45, 2.75) is 12.5 Å². The number of amides is 1. The topological polar surface area (TPSA) is 72.7 Å². The van der Waals surface area contributed by atoms with E-state index in [1.165, 1.54) is 0 Å². The molecule has 0 aliphatic carbocycles. The fourth-order valence-corrected chi connectivity index (χ4v) is 3.49. The summed E-state index contributed by atoms with van der Waals surface area (Å²) in [5.74, 6) is -0.0883. The smallest absolute Gasteiger partial charge is 0.276 e. The van der Waals surface area contributed by atoms with Gasteiger partial charge in [-0.25, -0.2) is 4.68 Å². The monoisotopic (exact) mass is 371 g/mol. The Bertz CT molecular complexity index is 745. The predicted octanol–water partition coefficient (Wildman–Crippen LogP) is 0.831. The van der Waals surface area contributed by atoms with E-state index in [1.54, 1.807) is 10.9 Å². The third kappa shape index (κ3) is 4.52. The highest BCUT2D eigenvalue weighted by Gasteiger charge is 2.27. The first-order valence-corrected chi connectivity index (χ1v) is 9.48. The van der Waals surface area contributed by atoms with Crippen LogP contribution in [0.1, 0.15) is 16.9 Å². The SMILES string of the molecule is O=C(c1cn(-c2ccccc2)nn1)N1CCCO[C@H](CN2CCOCC2)C1. The van der Waals surface area contributed by atoms with E-state index in [4.69, 9.17) is 9.47 Å². The van der Waals surface area contributed by atoms with Gasteiger partial charge in [-0.15, -0.1) is 5.10 Å². The molecule has 3 heterocycles. The van der Waals surface area contributed by atoms with E-state index in [0.717, 1.165) is 45.0 Å². The summed E-state index contributed by atoms with van der Waals surface area (Å²) in [6.45, 7) is 6.11. The first-order chi connectivity index (χ1) is 13.3. The van der Waals surface area contributed by atoms with Crippen LogP contribution < -0.4 is 0 Å². The fourth-order valence-electron chi connectivity index (χ4n) is 3.49. The summed E-state index contributed by atoms with van der Waals surface area (Å²) in [6, 6.07) is 9.67. The lowest BCUT2D eigenvalue weighted by molar-refractivity contribution is -0.0112. The minimum absolute atomic E-state index is 0.0127. The number of morpholine rings is 1. The first kappa shape index (κ1) is 18.1. The highest BCUT2D eigenvalue weighted by molar-refractivity contribution is 5.92. The van der Waals surface area contributed by atoms with Gasteiger partial charge >= 0.3 is 0 Å². The Morgan fingerprint density at radius 3 is 2.74 bits per heavy atom. The van der Waals surface area contributed by atoms with Crippen LogP contribution in [0, 0.1) is 0 Å². The highest BCUT2D eigenvalue weighted by Crippen LogP contribution is 2.13. The van der Waals surface area contributed by atoms with E-state index in [9.17, 15) is 4.79 Å². The van der Waals surface area contributed by atoms with E-state index in [2.05, 4.69) is 15.2 Å². The van der Waals surface area contributed by atoms with Crippen molar-refractivity contribution in [3.8, 4) is 5.69 Å². The van der Waals surface area contributed by atoms with Crippen molar-refractivity contribution in [2.75, 3.05) is 52.5 Å². The van der Waals surface area contributed by atoms with Gasteiger partial charge in [-0.2, -0.15) is 0 Å². The van der Waals surface area contributed by atoms with Crippen LogP contribution in [0.2, 0.25) is 0 Å². The van der Waals surface area contributed by atoms with Crippen LogP contribution in [0.4, 0.5) is 0 Å². The van der Waals surface area contributed by atoms with Gasteiger partial charge in [0.15, 0.2) is 5.69 Å². The second-order valence-corrected chi connectivity index (χ2v) is 6.89. The molecule has 1 atom stereocenters. The maximum absolute atomic E-state index is 13.0. The zero-order chi connectivity index (χ0) is 18.5. The van der Waals surface area contributed by atoms with Gasteiger partial charge in [0, 0.05) is 39.3 Å². The number of ether oxygens (including phenoxy) is 2. The van der Waals surface area contributed by atoms with Gasteiger partial charge in [-0.3, -0.25) is 9.69 Å². The van der Waals surface area contributed by atoms with Crippen LogP contribution in [0.15, 0.2) is 36.5 Å². The van der Waals surface area contributed by atoms with Crippen molar-refractivity contribution in [1.82, 2.24) is 24.8 Å². The van der Waals surface area contributed by atoms with Gasteiger partial charge in [0.2, 0.25) is 0 Å². The summed E-state index contributed by atoms with van der Waals surface area (Å²) in [6.07, 6.45) is 2.54. The molecule has 0 N–H and O–H groups in total. The summed E-state index contributed by atoms with van der Waals surface area (Å²) < 4.78 is 13.0. The average molecular weight is 371 g/mol. The molecule has 144 valence electrons. The number of hydrogen-bond donors (Lipinski definition) is 0. The van der Waals surface area contributed by atoms with Gasteiger partial charge in [0.25, 0.3) is 5.91 Å². The van der Waals surface area contributed by atoms with Gasteiger partial charge in [-0.1, -0.05) is 23.4 Å². The molecular formula is C19H25N5O3. The van der Waals surface area contributed by atoms with Crippen molar-refractivity contribution < 1.29 is 14.3 Å². The number of carbonyl (C=O) groups excluding carboxylic acids is 1. The van der Waals surface area contributed by atoms with Crippen molar-refractivity contribution in [3.63, 3.8) is 0 Å². The van der Waals surface area contributed by atoms with E-state index < -0.39 is 0 Å². The third-order valence-electron chi connectivity index (χ3n) is 4.94. The van der Waals surface area contributed by atoms with Crippen LogP contribution in [-0.4, -0.2) is 89.3 Å². The second kappa shape index (κ2) is 8.60. The van der Waals surface area contributed by atoms with Crippen molar-refractivity contribution in [3.05, 3.63) is 42.2 Å². The molecule has 0 saturated carbocycles. The van der Waals surface area contributed by atoms with E-state index in [1.807, 2.05) is 35.2 Å². The summed E-state index contributed by atoms with van der Waals surface area (Å²) >= 11 is 0. The first-order valence-electron chi connectivity index (χ1n) is 9.48. The average Bonchev–Trinajstić information content (AvgIpc) is 3.10. The molecule has 27 heavy (non-hydrogen) atoms. The fraction of sp³-hybridized carbons (Fsp3) is 0.526. The summed E-state index contributed by atoms with van der Waals surface area (Å²) in [7, 11) is 0. The Morgan fingerprint density at radius 1 is 1.11 bits per heavy atom. The number of hydrogen-bond acceptors (Lipinski definition) is 6. The van der Waals surface area contributed by atoms with Crippen LogP contribution in [-0.2, 0) is 9.47 Å². The molecule has 1 aromatic carbocycles. The van der Waals surface area contributed by atoms with Gasteiger partial charge in [0.05, 0.1) is 31.2 Å². The normalized spacial score (nSPS) is 21.8. The van der Waals surface area contributed by atoms with Gasteiger partial charge in [-0.05, 0) is 18.6 Å². The van der Waals surface area contributed by atoms with Crippen LogP contribution in [0.25, 0.3) is 5.69 Å². The molecule has 0 radical (unpaired) electrons. The Labute approximate surface area is 158 Å². The number of rotatable bonds is 4. The molecule has 2 fully saturated rings. The highest BCUT2D eigenvalue weighted by atomic mass is 16.5. The number of benzene rings is 1. The Hall–Kier alpha value is -2.29. The van der Waals surface area contributed by atoms with Crippen LogP contribution in [0.3, 0.4) is 0 Å². The lowest BCUT2D eigenvalue weighted by atomic mass is 10.2. The second-order valence-electron chi connectivity index (χ2n) is 6.89. The molecule has 1 amide bonds. The van der Waals surface area contributed by atoms with Crippen molar-refractivity contribution in [2.24, 2.45) is 0 Å². The zero-order valence-electron chi connectivity index (χ0n) is 15.4. The maximum Gasteiger partial charge on any atom is 0.276 e. The molecule has 8 heteroatoms. The lowest BCUT2D eigenvalue weighted by Crippen LogP contribution is -2.45. The molecule has 2 aliphatic heterocycles. The molecule has 0 spiro atoms. The largest absolute Gasteiger partial charge is 0.379 e. The molecule has 2 aromatic rings. The molecule has 2 aliphatic rings. The molecule has 1 aromatic heterocycles. The molecule has 8 nitrogen and oxygen atoms in total. The summed E-state index contributed by atoms with van der Waals surface area (Å²) in [4.78, 5) is 17.1. The minimum atomic E-state index is -0.0883. The van der Waals surface area contributed by atoms with Gasteiger partial charge in [0.1, 0.15) is 0 Å². The Morgan fingerprint density at radius 2 is 1.93 bits per heavy atom. The quantitative estimate of drug-likeness (QED) is 0.793. The van der Waals surface area contributed by atoms with Crippen molar-refractivity contribution >= 4 is 5.91 Å². The summed E-state index contributed by atoms with van der Waals surface area (Å²) in [5.41, 5.74) is 1.25. The maximum atomic E-state index is 13.0. The number of nitrogens with zero attached hydrogens (tertiary/aromatic N) is 5. The zero-order valence-corrected chi connectivity index (χ0v) is 15.4. The molecule has 0 unspecified atom stereocenters. The molecular weight excluding hydrogens is 346 g/mol. The van der Waals surface area contributed by atoms with Crippen molar-refractivity contribution in [1.29, 1.82) is 0 Å². The van der Waals surface area contributed by atoms with E-state index >= 15 is 0 Å². The van der Waals surface area contributed by atoms with Crippen LogP contribution >= 0.6 is 0 Å². The van der Waals surface area contributed by atoms with E-state index in [-0.39, 0.29) is 12.0 Å². The number of aromatic nitrogens is 3. The molecule has 4 rings (SSSR count). The standard InChI is InChI=1S/C19H25N5O3/c25-19(18-15-24(21-20-18)16-5-2-1-3-6-16)23-7-4-10-27-17(14-23)13-22-8-11-26-12-9-22/h1-3,5-6,15,17H,4,7-14H2/t17-/m1/s1. The minimum Gasteiger partial charge on any atom is -0.379 e. The predicted molar refractivity (Wildman–Crippen MR) is 98.9 cm³/mol. The Kier molecular flexibility index (Phi) is 5.76.